The molecule has 0 unspecified atom stereocenters. The third kappa shape index (κ3) is 4.67. The lowest BCUT2D eigenvalue weighted by molar-refractivity contribution is 0.192. The lowest BCUT2D eigenvalue weighted by Gasteiger charge is -2.34. The molecule has 3 aromatic rings. The van der Waals surface area contributed by atoms with Gasteiger partial charge < -0.3 is 4.52 Å². The predicted octanol–water partition coefficient (Wildman–Crippen LogP) is 4.89. The molecule has 2 heterocycles. The van der Waals surface area contributed by atoms with Crippen LogP contribution in [0, 0.1) is 0 Å². The Morgan fingerprint density at radius 1 is 1.06 bits per heavy atom. The number of hydrogen-bond donors (Lipinski definition) is 1. The first kappa shape index (κ1) is 21.6. The maximum atomic E-state index is 13.0. The van der Waals surface area contributed by atoms with Gasteiger partial charge >= 0.3 is 0 Å². The molecule has 31 heavy (non-hydrogen) atoms. The topological polar surface area (TPSA) is 75.4 Å². The molecule has 164 valence electrons. The summed E-state index contributed by atoms with van der Waals surface area (Å²) in [4.78, 5) is 2.62. The Hall–Kier alpha value is -2.64. The number of nitrogens with one attached hydrogen (secondary N) is 1. The van der Waals surface area contributed by atoms with Crippen molar-refractivity contribution in [2.45, 2.75) is 57.0 Å². The summed E-state index contributed by atoms with van der Waals surface area (Å²) < 4.78 is 33.8. The molecule has 0 radical (unpaired) electrons. The van der Waals surface area contributed by atoms with E-state index in [9.17, 15) is 8.42 Å². The van der Waals surface area contributed by atoms with Gasteiger partial charge in [0.2, 0.25) is 0 Å². The molecular weight excluding hydrogens is 410 g/mol. The van der Waals surface area contributed by atoms with E-state index in [0.717, 1.165) is 18.5 Å². The fourth-order valence-corrected chi connectivity index (χ4v) is 4.90. The molecule has 7 heteroatoms. The van der Waals surface area contributed by atoms with Crippen LogP contribution in [0.5, 0.6) is 0 Å². The first-order valence-electron chi connectivity index (χ1n) is 10.5. The SMILES string of the molecule is C[C@H](c1ccccc1)N1CCc2ccc(S(=O)(=O)Nc3cc(C(C)(C)C)on3)cc2C1. The second-order valence-electron chi connectivity index (χ2n) is 9.17. The fraction of sp³-hybridized carbons (Fsp3) is 0.375. The van der Waals surface area contributed by atoms with Crippen LogP contribution in [-0.4, -0.2) is 25.0 Å². The van der Waals surface area contributed by atoms with Crippen LogP contribution in [0.2, 0.25) is 0 Å². The smallest absolute Gasteiger partial charge is 0.263 e. The van der Waals surface area contributed by atoms with Crippen molar-refractivity contribution >= 4 is 15.8 Å². The van der Waals surface area contributed by atoms with Crippen molar-refractivity contribution in [2.75, 3.05) is 11.3 Å². The number of benzene rings is 2. The lowest BCUT2D eigenvalue weighted by Crippen LogP contribution is -2.33. The molecule has 2 aromatic carbocycles. The maximum absolute atomic E-state index is 13.0. The normalized spacial score (nSPS) is 16.0. The minimum Gasteiger partial charge on any atom is -0.359 e. The van der Waals surface area contributed by atoms with Crippen LogP contribution in [0.25, 0.3) is 0 Å². The van der Waals surface area contributed by atoms with E-state index < -0.39 is 10.0 Å². The zero-order valence-corrected chi connectivity index (χ0v) is 19.2. The number of hydrogen-bond acceptors (Lipinski definition) is 5. The third-order valence-corrected chi connectivity index (χ3v) is 7.20. The monoisotopic (exact) mass is 439 g/mol. The van der Waals surface area contributed by atoms with Gasteiger partial charge in [-0.15, -0.1) is 0 Å². The minimum absolute atomic E-state index is 0.196. The Kier molecular flexibility index (Phi) is 5.66. The summed E-state index contributed by atoms with van der Waals surface area (Å²) >= 11 is 0. The van der Waals surface area contributed by atoms with Gasteiger partial charge in [-0.2, -0.15) is 0 Å². The second kappa shape index (κ2) is 8.13. The van der Waals surface area contributed by atoms with E-state index >= 15 is 0 Å². The van der Waals surface area contributed by atoms with Gasteiger partial charge in [0.15, 0.2) is 5.82 Å². The van der Waals surface area contributed by atoms with Crippen molar-refractivity contribution in [3.8, 4) is 0 Å². The molecule has 4 rings (SSSR count). The molecule has 0 bridgehead atoms. The van der Waals surface area contributed by atoms with E-state index in [2.05, 4.69) is 46.0 Å². The van der Waals surface area contributed by atoms with E-state index in [0.29, 0.717) is 12.3 Å². The van der Waals surface area contributed by atoms with E-state index in [1.54, 1.807) is 18.2 Å². The molecule has 0 fully saturated rings. The highest BCUT2D eigenvalue weighted by Crippen LogP contribution is 2.30. The summed E-state index contributed by atoms with van der Waals surface area (Å²) in [6, 6.07) is 17.7. The standard InChI is InChI=1S/C24H29N3O3S/c1-17(18-8-6-5-7-9-18)27-13-12-19-10-11-21(14-20(19)16-27)31(28,29)26-23-15-22(30-25-23)24(2,3)4/h5-11,14-15,17H,12-13,16H2,1-4H3,(H,25,26)/t17-/m1/s1. The molecule has 1 aliphatic heterocycles. The van der Waals surface area contributed by atoms with E-state index in [1.165, 1.54) is 11.1 Å². The number of nitrogens with zero attached hydrogens (tertiary/aromatic N) is 2. The molecule has 0 saturated carbocycles. The van der Waals surface area contributed by atoms with Crippen LogP contribution in [0.4, 0.5) is 5.82 Å². The largest absolute Gasteiger partial charge is 0.359 e. The number of sulfonamides is 1. The Balaban J connectivity index is 1.54. The number of aromatic nitrogens is 1. The molecule has 0 saturated heterocycles. The van der Waals surface area contributed by atoms with Crippen molar-refractivity contribution in [1.29, 1.82) is 0 Å². The third-order valence-electron chi connectivity index (χ3n) is 5.85. The average molecular weight is 440 g/mol. The van der Waals surface area contributed by atoms with Gasteiger partial charge in [-0.3, -0.25) is 9.62 Å². The Morgan fingerprint density at radius 3 is 2.48 bits per heavy atom. The van der Waals surface area contributed by atoms with Crippen LogP contribution in [0.15, 0.2) is 64.0 Å². The molecule has 1 N–H and O–H groups in total. The predicted molar refractivity (Wildman–Crippen MR) is 121 cm³/mol. The molecule has 1 aliphatic rings. The number of fused-ring (bicyclic) bond motifs is 1. The molecule has 6 nitrogen and oxygen atoms in total. The first-order valence-corrected chi connectivity index (χ1v) is 12.0. The number of anilines is 1. The van der Waals surface area contributed by atoms with Crippen LogP contribution >= 0.6 is 0 Å². The van der Waals surface area contributed by atoms with Gasteiger partial charge in [-0.1, -0.05) is 62.3 Å². The van der Waals surface area contributed by atoms with Crippen molar-refractivity contribution in [3.63, 3.8) is 0 Å². The van der Waals surface area contributed by atoms with Crippen molar-refractivity contribution in [1.82, 2.24) is 10.1 Å². The Labute approximate surface area is 184 Å². The van der Waals surface area contributed by atoms with Crippen LogP contribution in [0.3, 0.4) is 0 Å². The van der Waals surface area contributed by atoms with Crippen molar-refractivity contribution in [2.24, 2.45) is 0 Å². The second-order valence-corrected chi connectivity index (χ2v) is 10.9. The highest BCUT2D eigenvalue weighted by atomic mass is 32.2. The van der Waals surface area contributed by atoms with Gasteiger partial charge in [0.05, 0.1) is 4.90 Å². The zero-order valence-electron chi connectivity index (χ0n) is 18.4. The highest BCUT2D eigenvalue weighted by molar-refractivity contribution is 7.92. The summed E-state index contributed by atoms with van der Waals surface area (Å²) in [5.41, 5.74) is 3.26. The summed E-state index contributed by atoms with van der Waals surface area (Å²) in [6.45, 7) is 9.81. The van der Waals surface area contributed by atoms with Crippen LogP contribution in [0.1, 0.15) is 56.2 Å². The van der Waals surface area contributed by atoms with Gasteiger partial charge in [-0.25, -0.2) is 8.42 Å². The van der Waals surface area contributed by atoms with Crippen molar-refractivity contribution < 1.29 is 12.9 Å². The lowest BCUT2D eigenvalue weighted by atomic mass is 9.93. The van der Waals surface area contributed by atoms with Gasteiger partial charge in [0.1, 0.15) is 5.76 Å². The summed E-state index contributed by atoms with van der Waals surface area (Å²) in [5, 5.41) is 3.88. The molecule has 1 atom stereocenters. The van der Waals surface area contributed by atoms with Gasteiger partial charge in [0, 0.05) is 30.6 Å². The van der Waals surface area contributed by atoms with Crippen LogP contribution in [-0.2, 0) is 28.4 Å². The average Bonchev–Trinajstić information content (AvgIpc) is 3.21. The molecule has 1 aromatic heterocycles. The number of rotatable bonds is 5. The molecule has 0 amide bonds. The Bertz CT molecular complexity index is 1160. The van der Waals surface area contributed by atoms with Gasteiger partial charge in [-0.05, 0) is 42.2 Å². The van der Waals surface area contributed by atoms with E-state index in [4.69, 9.17) is 4.52 Å². The molecular formula is C24H29N3O3S. The van der Waals surface area contributed by atoms with E-state index in [-0.39, 0.29) is 22.2 Å². The Morgan fingerprint density at radius 2 is 1.81 bits per heavy atom. The zero-order chi connectivity index (χ0) is 22.2. The first-order chi connectivity index (χ1) is 14.6. The highest BCUT2D eigenvalue weighted by Gasteiger charge is 2.25. The summed E-state index contributed by atoms with van der Waals surface area (Å²) in [7, 11) is -3.76. The summed E-state index contributed by atoms with van der Waals surface area (Å²) in [5.74, 6) is 0.822. The minimum atomic E-state index is -3.76. The molecule has 0 spiro atoms. The van der Waals surface area contributed by atoms with Gasteiger partial charge in [0.25, 0.3) is 10.0 Å². The summed E-state index contributed by atoms with van der Waals surface area (Å²) in [6.07, 6.45) is 0.901. The molecule has 0 aliphatic carbocycles. The van der Waals surface area contributed by atoms with E-state index in [1.807, 2.05) is 32.9 Å². The quantitative estimate of drug-likeness (QED) is 0.612. The fourth-order valence-electron chi connectivity index (χ4n) is 3.87. The maximum Gasteiger partial charge on any atom is 0.263 e. The van der Waals surface area contributed by atoms with Crippen molar-refractivity contribution in [3.05, 3.63) is 77.0 Å². The van der Waals surface area contributed by atoms with Crippen LogP contribution < -0.4 is 4.72 Å².